The summed E-state index contributed by atoms with van der Waals surface area (Å²) in [5, 5.41) is 7.73. The molecule has 2 heterocycles. The first kappa shape index (κ1) is 16.3. The maximum atomic E-state index is 3.95. The molecule has 0 aliphatic carbocycles. The Morgan fingerprint density at radius 1 is 1.15 bits per heavy atom. The van der Waals surface area contributed by atoms with Crippen LogP contribution in [0.4, 0.5) is 0 Å². The first-order valence-corrected chi connectivity index (χ1v) is 8.41. The molecule has 20 heavy (non-hydrogen) atoms. The molecule has 0 saturated carbocycles. The molecule has 2 aliphatic rings. The minimum atomic E-state index is 0.239. The molecule has 3 heteroatoms. The Kier molecular flexibility index (Phi) is 4.83. The summed E-state index contributed by atoms with van der Waals surface area (Å²) >= 11 is 0. The maximum absolute atomic E-state index is 3.95. The summed E-state index contributed by atoms with van der Waals surface area (Å²) in [5.74, 6) is 0.815. The number of rotatable bonds is 3. The largest absolute Gasteiger partial charge is 0.311 e. The van der Waals surface area contributed by atoms with Crippen LogP contribution in [-0.4, -0.2) is 48.2 Å². The van der Waals surface area contributed by atoms with Crippen LogP contribution in [0.25, 0.3) is 0 Å². The first-order valence-electron chi connectivity index (χ1n) is 8.41. The lowest BCUT2D eigenvalue weighted by Crippen LogP contribution is -2.63. The molecule has 0 aromatic carbocycles. The molecule has 2 fully saturated rings. The van der Waals surface area contributed by atoms with Gasteiger partial charge in [0, 0.05) is 29.7 Å². The van der Waals surface area contributed by atoms with Gasteiger partial charge in [-0.2, -0.15) is 0 Å². The highest BCUT2D eigenvalue weighted by Gasteiger charge is 2.38. The summed E-state index contributed by atoms with van der Waals surface area (Å²) in [5.41, 5.74) is 0.477. The predicted molar refractivity (Wildman–Crippen MR) is 87.1 cm³/mol. The molecular weight excluding hydrogens is 246 g/mol. The van der Waals surface area contributed by atoms with Crippen LogP contribution in [0, 0.1) is 5.92 Å². The van der Waals surface area contributed by atoms with Gasteiger partial charge in [-0.15, -0.1) is 0 Å². The van der Waals surface area contributed by atoms with Crippen molar-refractivity contribution in [3.05, 3.63) is 0 Å². The van der Waals surface area contributed by atoms with Crippen molar-refractivity contribution in [3.8, 4) is 0 Å². The Bertz CT molecular complexity index is 308. The summed E-state index contributed by atoms with van der Waals surface area (Å²) in [4.78, 5) is 2.49. The monoisotopic (exact) mass is 281 g/mol. The van der Waals surface area contributed by atoms with E-state index in [0.29, 0.717) is 12.1 Å². The van der Waals surface area contributed by atoms with Crippen LogP contribution in [-0.2, 0) is 0 Å². The van der Waals surface area contributed by atoms with Crippen molar-refractivity contribution in [2.75, 3.05) is 20.1 Å². The third-order valence-corrected chi connectivity index (χ3v) is 5.06. The summed E-state index contributed by atoms with van der Waals surface area (Å²) in [6.07, 6.45) is 5.19. The van der Waals surface area contributed by atoms with Gasteiger partial charge in [0.2, 0.25) is 0 Å². The van der Waals surface area contributed by atoms with Crippen molar-refractivity contribution in [1.29, 1.82) is 0 Å². The van der Waals surface area contributed by atoms with E-state index < -0.39 is 0 Å². The molecule has 0 aromatic heterocycles. The SMILES string of the molecule is CC(NC1CC(C)(C)NC(C)(C)C1)C1CCCN(C)C1. The first-order chi connectivity index (χ1) is 9.17. The Morgan fingerprint density at radius 2 is 1.75 bits per heavy atom. The number of nitrogens with one attached hydrogen (secondary N) is 2. The van der Waals surface area contributed by atoms with Gasteiger partial charge in [0.15, 0.2) is 0 Å². The van der Waals surface area contributed by atoms with Crippen LogP contribution in [0.3, 0.4) is 0 Å². The normalized spacial score (nSPS) is 33.0. The second-order valence-corrected chi connectivity index (χ2v) is 8.62. The topological polar surface area (TPSA) is 27.3 Å². The third kappa shape index (κ3) is 4.44. The van der Waals surface area contributed by atoms with Gasteiger partial charge < -0.3 is 15.5 Å². The highest BCUT2D eigenvalue weighted by Crippen LogP contribution is 2.29. The fourth-order valence-corrected chi connectivity index (χ4v) is 4.56. The van der Waals surface area contributed by atoms with Gasteiger partial charge in [-0.3, -0.25) is 0 Å². The smallest absolute Gasteiger partial charge is 0.0144 e. The molecule has 2 rings (SSSR count). The van der Waals surface area contributed by atoms with E-state index in [1.54, 1.807) is 0 Å². The molecule has 0 radical (unpaired) electrons. The molecule has 2 unspecified atom stereocenters. The Labute approximate surface area is 125 Å². The zero-order valence-electron chi connectivity index (χ0n) is 14.4. The fourth-order valence-electron chi connectivity index (χ4n) is 4.56. The minimum absolute atomic E-state index is 0.239. The van der Waals surface area contributed by atoms with Crippen molar-refractivity contribution in [2.24, 2.45) is 5.92 Å². The average molecular weight is 281 g/mol. The lowest BCUT2D eigenvalue weighted by atomic mass is 9.79. The Balaban J connectivity index is 1.91. The number of hydrogen-bond acceptors (Lipinski definition) is 3. The molecule has 0 spiro atoms. The summed E-state index contributed by atoms with van der Waals surface area (Å²) < 4.78 is 0. The quantitative estimate of drug-likeness (QED) is 0.833. The van der Waals surface area contributed by atoms with Crippen molar-refractivity contribution < 1.29 is 0 Å². The molecule has 0 amide bonds. The molecule has 0 bridgehead atoms. The van der Waals surface area contributed by atoms with E-state index in [-0.39, 0.29) is 11.1 Å². The molecule has 0 aromatic rings. The molecule has 2 N–H and O–H groups in total. The number of hydrogen-bond donors (Lipinski definition) is 2. The molecular formula is C17H35N3. The van der Waals surface area contributed by atoms with Crippen LogP contribution in [0.1, 0.15) is 60.3 Å². The van der Waals surface area contributed by atoms with Gasteiger partial charge in [-0.05, 0) is 79.8 Å². The van der Waals surface area contributed by atoms with Gasteiger partial charge in [0.25, 0.3) is 0 Å². The van der Waals surface area contributed by atoms with Crippen LogP contribution < -0.4 is 10.6 Å². The van der Waals surface area contributed by atoms with Gasteiger partial charge in [0.1, 0.15) is 0 Å². The van der Waals surface area contributed by atoms with Crippen molar-refractivity contribution in [1.82, 2.24) is 15.5 Å². The van der Waals surface area contributed by atoms with Crippen LogP contribution in [0.15, 0.2) is 0 Å². The highest BCUT2D eigenvalue weighted by atomic mass is 15.1. The highest BCUT2D eigenvalue weighted by molar-refractivity contribution is 5.00. The van der Waals surface area contributed by atoms with Crippen molar-refractivity contribution >= 4 is 0 Å². The summed E-state index contributed by atoms with van der Waals surface area (Å²) in [6, 6.07) is 1.27. The lowest BCUT2D eigenvalue weighted by Gasteiger charge is -2.48. The van der Waals surface area contributed by atoms with Crippen LogP contribution >= 0.6 is 0 Å². The van der Waals surface area contributed by atoms with Crippen LogP contribution in [0.5, 0.6) is 0 Å². The van der Waals surface area contributed by atoms with Gasteiger partial charge in [0.05, 0.1) is 0 Å². The summed E-state index contributed by atoms with van der Waals surface area (Å²) in [7, 11) is 2.26. The molecule has 3 nitrogen and oxygen atoms in total. The van der Waals surface area contributed by atoms with E-state index in [9.17, 15) is 0 Å². The van der Waals surface area contributed by atoms with E-state index in [1.807, 2.05) is 0 Å². The molecule has 118 valence electrons. The van der Waals surface area contributed by atoms with E-state index in [1.165, 1.54) is 38.8 Å². The van der Waals surface area contributed by atoms with Gasteiger partial charge in [-0.1, -0.05) is 0 Å². The second-order valence-electron chi connectivity index (χ2n) is 8.62. The van der Waals surface area contributed by atoms with E-state index in [2.05, 4.69) is 57.2 Å². The van der Waals surface area contributed by atoms with Gasteiger partial charge in [-0.25, -0.2) is 0 Å². The predicted octanol–water partition coefficient (Wildman–Crippen LogP) is 2.62. The van der Waals surface area contributed by atoms with Gasteiger partial charge >= 0.3 is 0 Å². The van der Waals surface area contributed by atoms with E-state index in [0.717, 1.165) is 5.92 Å². The minimum Gasteiger partial charge on any atom is -0.311 e. The second kappa shape index (κ2) is 5.94. The zero-order chi connectivity index (χ0) is 15.0. The fraction of sp³-hybridized carbons (Fsp3) is 1.00. The Hall–Kier alpha value is -0.120. The van der Waals surface area contributed by atoms with E-state index >= 15 is 0 Å². The summed E-state index contributed by atoms with van der Waals surface area (Å²) in [6.45, 7) is 14.3. The lowest BCUT2D eigenvalue weighted by molar-refractivity contribution is 0.119. The molecule has 2 atom stereocenters. The van der Waals surface area contributed by atoms with Crippen molar-refractivity contribution in [3.63, 3.8) is 0 Å². The number of nitrogens with zero attached hydrogens (tertiary/aromatic N) is 1. The number of likely N-dealkylation sites (tertiary alicyclic amines) is 1. The molecule has 2 saturated heterocycles. The zero-order valence-corrected chi connectivity index (χ0v) is 14.4. The van der Waals surface area contributed by atoms with Crippen LogP contribution in [0.2, 0.25) is 0 Å². The third-order valence-electron chi connectivity index (χ3n) is 5.06. The van der Waals surface area contributed by atoms with Crippen molar-refractivity contribution in [2.45, 2.75) is 83.5 Å². The number of piperidine rings is 2. The molecule has 2 aliphatic heterocycles. The average Bonchev–Trinajstić information content (AvgIpc) is 2.24. The Morgan fingerprint density at radius 3 is 2.30 bits per heavy atom. The van der Waals surface area contributed by atoms with E-state index in [4.69, 9.17) is 0 Å². The maximum Gasteiger partial charge on any atom is 0.0144 e. The standard InChI is InChI=1S/C17H35N3/c1-13(14-8-7-9-20(6)12-14)18-15-10-16(2,3)19-17(4,5)11-15/h13-15,18-19H,7-12H2,1-6H3.